The molecule has 0 unspecified atom stereocenters. The number of aromatic nitrogens is 1. The van der Waals surface area contributed by atoms with Gasteiger partial charge >= 0.3 is 0 Å². The molecule has 0 spiro atoms. The minimum absolute atomic E-state index is 0.195. The van der Waals surface area contributed by atoms with Gasteiger partial charge in [0.1, 0.15) is 10.8 Å². The van der Waals surface area contributed by atoms with Crippen molar-refractivity contribution in [2.45, 2.75) is 6.54 Å². The van der Waals surface area contributed by atoms with E-state index in [1.54, 1.807) is 24.5 Å². The average Bonchev–Trinajstić information content (AvgIpc) is 2.39. The van der Waals surface area contributed by atoms with Crippen LogP contribution in [-0.2, 0) is 6.54 Å². The molecule has 0 fully saturated rings. The molecule has 0 saturated heterocycles. The Hall–Kier alpha value is -2.01. The van der Waals surface area contributed by atoms with Gasteiger partial charge in [-0.05, 0) is 29.8 Å². The van der Waals surface area contributed by atoms with E-state index >= 15 is 0 Å². The highest BCUT2D eigenvalue weighted by Crippen LogP contribution is 2.21. The number of hydrogen-bond donors (Lipinski definition) is 1. The smallest absolute Gasteiger partial charge is 0.147 e. The minimum atomic E-state index is -0.336. The van der Waals surface area contributed by atoms with Crippen molar-refractivity contribution in [2.24, 2.45) is 5.73 Å². The van der Waals surface area contributed by atoms with Gasteiger partial charge in [0.15, 0.2) is 0 Å². The van der Waals surface area contributed by atoms with E-state index in [0.29, 0.717) is 17.8 Å². The van der Waals surface area contributed by atoms with Gasteiger partial charge in [0.05, 0.1) is 5.69 Å². The third-order valence-corrected chi connectivity index (χ3v) is 3.02. The molecule has 0 atom stereocenters. The van der Waals surface area contributed by atoms with E-state index in [1.807, 2.05) is 24.1 Å². The van der Waals surface area contributed by atoms with Gasteiger partial charge in [-0.3, -0.25) is 4.98 Å². The molecule has 0 saturated carbocycles. The second kappa shape index (κ2) is 5.75. The molecule has 5 heteroatoms. The molecule has 0 aliphatic carbocycles. The molecular weight excluding hydrogens is 261 g/mol. The molecule has 98 valence electrons. The van der Waals surface area contributed by atoms with Crippen molar-refractivity contribution in [1.82, 2.24) is 4.98 Å². The Balaban J connectivity index is 2.20. The van der Waals surface area contributed by atoms with Crippen molar-refractivity contribution in [3.05, 3.63) is 59.7 Å². The van der Waals surface area contributed by atoms with Gasteiger partial charge in [0, 0.05) is 31.5 Å². The molecule has 0 aliphatic heterocycles. The van der Waals surface area contributed by atoms with E-state index in [9.17, 15) is 4.39 Å². The summed E-state index contributed by atoms with van der Waals surface area (Å²) in [5.41, 5.74) is 7.53. The number of thiocarbonyl (C=S) groups is 1. The first kappa shape index (κ1) is 13.4. The van der Waals surface area contributed by atoms with Crippen LogP contribution in [0.1, 0.15) is 11.1 Å². The fourth-order valence-corrected chi connectivity index (χ4v) is 1.95. The molecule has 1 heterocycles. The third-order valence-electron chi connectivity index (χ3n) is 2.79. The maximum atomic E-state index is 14.0. The van der Waals surface area contributed by atoms with Crippen molar-refractivity contribution in [3.8, 4) is 0 Å². The maximum Gasteiger partial charge on any atom is 0.147 e. The van der Waals surface area contributed by atoms with Gasteiger partial charge in [-0.25, -0.2) is 4.39 Å². The van der Waals surface area contributed by atoms with Crippen LogP contribution in [0.4, 0.5) is 10.1 Å². The second-order valence-electron chi connectivity index (χ2n) is 4.25. The Morgan fingerprint density at radius 1 is 1.42 bits per heavy atom. The SMILES string of the molecule is CN(Cc1cccnc1)c1ccc(C(N)=S)cc1F. The quantitative estimate of drug-likeness (QED) is 0.871. The number of nitrogens with two attached hydrogens (primary N) is 1. The lowest BCUT2D eigenvalue weighted by molar-refractivity contribution is 0.622. The largest absolute Gasteiger partial charge is 0.389 e. The van der Waals surface area contributed by atoms with Crippen LogP contribution in [0.25, 0.3) is 0 Å². The number of pyridine rings is 1. The third kappa shape index (κ3) is 3.26. The number of halogens is 1. The summed E-state index contributed by atoms with van der Waals surface area (Å²) in [6, 6.07) is 8.57. The molecule has 0 amide bonds. The zero-order valence-corrected chi connectivity index (χ0v) is 11.3. The summed E-state index contributed by atoms with van der Waals surface area (Å²) < 4.78 is 14.0. The van der Waals surface area contributed by atoms with E-state index in [2.05, 4.69) is 4.98 Å². The van der Waals surface area contributed by atoms with Crippen LogP contribution in [-0.4, -0.2) is 17.0 Å². The van der Waals surface area contributed by atoms with E-state index in [-0.39, 0.29) is 10.8 Å². The van der Waals surface area contributed by atoms with Crippen LogP contribution in [0.15, 0.2) is 42.7 Å². The Morgan fingerprint density at radius 2 is 2.21 bits per heavy atom. The highest BCUT2D eigenvalue weighted by atomic mass is 32.1. The molecule has 3 nitrogen and oxygen atoms in total. The van der Waals surface area contributed by atoms with E-state index < -0.39 is 0 Å². The summed E-state index contributed by atoms with van der Waals surface area (Å²) in [6.07, 6.45) is 3.47. The van der Waals surface area contributed by atoms with Crippen LogP contribution in [0.3, 0.4) is 0 Å². The lowest BCUT2D eigenvalue weighted by atomic mass is 10.1. The summed E-state index contributed by atoms with van der Waals surface area (Å²) in [6.45, 7) is 0.581. The van der Waals surface area contributed by atoms with Gasteiger partial charge in [-0.1, -0.05) is 18.3 Å². The Labute approximate surface area is 116 Å². The van der Waals surface area contributed by atoms with Crippen LogP contribution in [0, 0.1) is 5.82 Å². The van der Waals surface area contributed by atoms with Crippen LogP contribution >= 0.6 is 12.2 Å². The molecule has 2 aromatic rings. The van der Waals surface area contributed by atoms with Crippen molar-refractivity contribution >= 4 is 22.9 Å². The molecule has 2 N–H and O–H groups in total. The lowest BCUT2D eigenvalue weighted by Crippen LogP contribution is -2.18. The van der Waals surface area contributed by atoms with Gasteiger partial charge < -0.3 is 10.6 Å². The van der Waals surface area contributed by atoms with Crippen molar-refractivity contribution in [3.63, 3.8) is 0 Å². The molecule has 0 aliphatic rings. The highest BCUT2D eigenvalue weighted by molar-refractivity contribution is 7.80. The van der Waals surface area contributed by atoms with Gasteiger partial charge in [-0.2, -0.15) is 0 Å². The summed E-state index contributed by atoms with van der Waals surface area (Å²) in [5.74, 6) is -0.336. The fraction of sp³-hybridized carbons (Fsp3) is 0.143. The number of hydrogen-bond acceptors (Lipinski definition) is 3. The number of nitrogens with zero attached hydrogens (tertiary/aromatic N) is 2. The van der Waals surface area contributed by atoms with E-state index in [4.69, 9.17) is 18.0 Å². The topological polar surface area (TPSA) is 42.2 Å². The summed E-state index contributed by atoms with van der Waals surface area (Å²) in [7, 11) is 1.83. The highest BCUT2D eigenvalue weighted by Gasteiger charge is 2.10. The standard InChI is InChI=1S/C14H14FN3S/c1-18(9-10-3-2-6-17-8-10)13-5-4-11(14(16)19)7-12(13)15/h2-8H,9H2,1H3,(H2,16,19). The molecule has 19 heavy (non-hydrogen) atoms. The molecular formula is C14H14FN3S. The Morgan fingerprint density at radius 3 is 2.79 bits per heavy atom. The first-order chi connectivity index (χ1) is 9.08. The summed E-state index contributed by atoms with van der Waals surface area (Å²) in [4.78, 5) is 6.05. The molecule has 2 rings (SSSR count). The van der Waals surface area contributed by atoms with Crippen LogP contribution in [0.2, 0.25) is 0 Å². The minimum Gasteiger partial charge on any atom is -0.389 e. The predicted octanol–water partition coefficient (Wildman–Crippen LogP) is 2.49. The Bertz CT molecular complexity index is 586. The van der Waals surface area contributed by atoms with Crippen molar-refractivity contribution < 1.29 is 4.39 Å². The lowest BCUT2D eigenvalue weighted by Gasteiger charge is -2.20. The average molecular weight is 275 g/mol. The second-order valence-corrected chi connectivity index (χ2v) is 4.69. The summed E-state index contributed by atoms with van der Waals surface area (Å²) >= 11 is 4.82. The van der Waals surface area contributed by atoms with Gasteiger partial charge in [-0.15, -0.1) is 0 Å². The van der Waals surface area contributed by atoms with E-state index in [0.717, 1.165) is 5.56 Å². The van der Waals surface area contributed by atoms with Crippen LogP contribution < -0.4 is 10.6 Å². The maximum absolute atomic E-state index is 14.0. The van der Waals surface area contributed by atoms with E-state index in [1.165, 1.54) is 6.07 Å². The zero-order valence-electron chi connectivity index (χ0n) is 10.5. The predicted molar refractivity (Wildman–Crippen MR) is 78.6 cm³/mol. The first-order valence-corrected chi connectivity index (χ1v) is 6.18. The van der Waals surface area contributed by atoms with Gasteiger partial charge in [0.25, 0.3) is 0 Å². The van der Waals surface area contributed by atoms with Crippen LogP contribution in [0.5, 0.6) is 0 Å². The normalized spacial score (nSPS) is 10.2. The monoisotopic (exact) mass is 275 g/mol. The molecule has 1 aromatic heterocycles. The number of benzene rings is 1. The van der Waals surface area contributed by atoms with Crippen molar-refractivity contribution in [2.75, 3.05) is 11.9 Å². The fourth-order valence-electron chi connectivity index (χ4n) is 1.82. The first-order valence-electron chi connectivity index (χ1n) is 5.77. The van der Waals surface area contributed by atoms with Crippen molar-refractivity contribution in [1.29, 1.82) is 0 Å². The molecule has 0 radical (unpaired) electrons. The number of anilines is 1. The number of rotatable bonds is 4. The van der Waals surface area contributed by atoms with Gasteiger partial charge in [0.2, 0.25) is 0 Å². The molecule has 1 aromatic carbocycles. The summed E-state index contributed by atoms with van der Waals surface area (Å²) in [5, 5.41) is 0. The zero-order chi connectivity index (χ0) is 13.8. The molecule has 0 bridgehead atoms. The Kier molecular flexibility index (Phi) is 4.06.